The van der Waals surface area contributed by atoms with Crippen LogP contribution in [0, 0.1) is 16.7 Å². The highest BCUT2D eigenvalue weighted by atomic mass is 32.2. The number of rotatable bonds is 2. The molecule has 2 saturated heterocycles. The Morgan fingerprint density at radius 2 is 1.77 bits per heavy atom. The third kappa shape index (κ3) is 2.86. The Bertz CT molecular complexity index is 582. The van der Waals surface area contributed by atoms with Crippen LogP contribution in [0.3, 0.4) is 0 Å². The lowest BCUT2D eigenvalue weighted by molar-refractivity contribution is -0.140. The van der Waals surface area contributed by atoms with Crippen molar-refractivity contribution in [2.24, 2.45) is 5.41 Å². The summed E-state index contributed by atoms with van der Waals surface area (Å²) in [4.78, 5) is 16.7. The summed E-state index contributed by atoms with van der Waals surface area (Å²) in [6.07, 6.45) is 3.99. The summed E-state index contributed by atoms with van der Waals surface area (Å²) < 4.78 is 23.2. The molecule has 3 aliphatic rings. The SMILES string of the molecule is N#CC1(C(=O)N2CCN([C@@H]3CCS(=O)(=O)C3)CC2)CCCC1. The Labute approximate surface area is 132 Å². The molecule has 1 atom stereocenters. The molecular weight excluding hydrogens is 302 g/mol. The first-order valence-electron chi connectivity index (χ1n) is 8.11. The van der Waals surface area contributed by atoms with Crippen molar-refractivity contribution in [2.75, 3.05) is 37.7 Å². The molecular formula is C15H23N3O3S. The van der Waals surface area contributed by atoms with Crippen molar-refractivity contribution < 1.29 is 13.2 Å². The number of carbonyl (C=O) groups excluding carboxylic acids is 1. The molecule has 0 aromatic carbocycles. The fourth-order valence-corrected chi connectivity index (χ4v) is 5.77. The molecule has 1 amide bonds. The van der Waals surface area contributed by atoms with Gasteiger partial charge in [-0.25, -0.2) is 8.42 Å². The summed E-state index contributed by atoms with van der Waals surface area (Å²) in [6, 6.07) is 2.38. The highest BCUT2D eigenvalue weighted by molar-refractivity contribution is 7.91. The van der Waals surface area contributed by atoms with E-state index in [0.29, 0.717) is 45.4 Å². The van der Waals surface area contributed by atoms with E-state index in [4.69, 9.17) is 0 Å². The van der Waals surface area contributed by atoms with Gasteiger partial charge in [-0.1, -0.05) is 12.8 Å². The van der Waals surface area contributed by atoms with Gasteiger partial charge in [0, 0.05) is 32.2 Å². The Hall–Kier alpha value is -1.13. The van der Waals surface area contributed by atoms with Gasteiger partial charge in [-0.3, -0.25) is 9.69 Å². The van der Waals surface area contributed by atoms with Crippen LogP contribution in [0.4, 0.5) is 0 Å². The number of nitrogens with zero attached hydrogens (tertiary/aromatic N) is 3. The molecule has 3 rings (SSSR count). The second kappa shape index (κ2) is 5.82. The van der Waals surface area contributed by atoms with E-state index in [1.54, 1.807) is 0 Å². The highest BCUT2D eigenvalue weighted by Crippen LogP contribution is 2.39. The summed E-state index contributed by atoms with van der Waals surface area (Å²) in [5.41, 5.74) is -0.793. The molecule has 122 valence electrons. The summed E-state index contributed by atoms with van der Waals surface area (Å²) in [5.74, 6) is 0.531. The van der Waals surface area contributed by atoms with Gasteiger partial charge >= 0.3 is 0 Å². The van der Waals surface area contributed by atoms with Gasteiger partial charge in [0.15, 0.2) is 9.84 Å². The number of carbonyl (C=O) groups is 1. The first-order valence-corrected chi connectivity index (χ1v) is 9.93. The lowest BCUT2D eigenvalue weighted by Gasteiger charge is -2.39. The lowest BCUT2D eigenvalue weighted by Crippen LogP contribution is -2.55. The van der Waals surface area contributed by atoms with E-state index in [0.717, 1.165) is 12.8 Å². The molecule has 0 radical (unpaired) electrons. The van der Waals surface area contributed by atoms with Gasteiger partial charge in [0.25, 0.3) is 0 Å². The summed E-state index contributed by atoms with van der Waals surface area (Å²) in [5, 5.41) is 9.43. The van der Waals surface area contributed by atoms with Gasteiger partial charge in [-0.15, -0.1) is 0 Å². The Kier molecular flexibility index (Phi) is 4.17. The van der Waals surface area contributed by atoms with E-state index in [-0.39, 0.29) is 23.5 Å². The van der Waals surface area contributed by atoms with E-state index in [1.807, 2.05) is 4.90 Å². The molecule has 6 nitrogen and oxygen atoms in total. The van der Waals surface area contributed by atoms with Gasteiger partial charge in [0.1, 0.15) is 5.41 Å². The monoisotopic (exact) mass is 325 g/mol. The molecule has 3 fully saturated rings. The number of hydrogen-bond donors (Lipinski definition) is 0. The minimum atomic E-state index is -2.87. The largest absolute Gasteiger partial charge is 0.339 e. The van der Waals surface area contributed by atoms with Crippen LogP contribution >= 0.6 is 0 Å². The average molecular weight is 325 g/mol. The minimum Gasteiger partial charge on any atom is -0.339 e. The molecule has 0 aromatic rings. The standard InChI is InChI=1S/C15H23N3O3S/c16-12-15(4-1-2-5-15)14(19)18-8-6-17(7-9-18)13-3-10-22(20,21)11-13/h13H,1-11H2/t13-/m1/s1. The highest BCUT2D eigenvalue weighted by Gasteiger charge is 2.45. The minimum absolute atomic E-state index is 0.00815. The van der Waals surface area contributed by atoms with Crippen LogP contribution in [-0.4, -0.2) is 67.9 Å². The van der Waals surface area contributed by atoms with E-state index < -0.39 is 15.3 Å². The molecule has 2 heterocycles. The topological polar surface area (TPSA) is 81.5 Å². The van der Waals surface area contributed by atoms with Crippen LogP contribution in [0.5, 0.6) is 0 Å². The first-order chi connectivity index (χ1) is 10.5. The van der Waals surface area contributed by atoms with E-state index in [9.17, 15) is 18.5 Å². The van der Waals surface area contributed by atoms with E-state index in [1.165, 1.54) is 0 Å². The fraction of sp³-hybridized carbons (Fsp3) is 0.867. The molecule has 2 aliphatic heterocycles. The first kappa shape index (κ1) is 15.8. The third-order valence-electron chi connectivity index (χ3n) is 5.41. The molecule has 22 heavy (non-hydrogen) atoms. The number of nitriles is 1. The molecule has 7 heteroatoms. The second-order valence-corrected chi connectivity index (χ2v) is 9.01. The predicted octanol–water partition coefficient (Wildman–Crippen LogP) is 0.402. The Balaban J connectivity index is 1.58. The number of hydrogen-bond acceptors (Lipinski definition) is 5. The summed E-state index contributed by atoms with van der Waals surface area (Å²) >= 11 is 0. The van der Waals surface area contributed by atoms with Gasteiger partial charge in [0.2, 0.25) is 5.91 Å². The molecule has 1 aliphatic carbocycles. The van der Waals surface area contributed by atoms with Crippen LogP contribution in [0.25, 0.3) is 0 Å². The Morgan fingerprint density at radius 3 is 2.27 bits per heavy atom. The number of amides is 1. The van der Waals surface area contributed by atoms with Crippen LogP contribution in [0.2, 0.25) is 0 Å². The van der Waals surface area contributed by atoms with Crippen LogP contribution in [0.15, 0.2) is 0 Å². The second-order valence-electron chi connectivity index (χ2n) is 6.79. The van der Waals surface area contributed by atoms with Crippen LogP contribution in [-0.2, 0) is 14.6 Å². The molecule has 1 saturated carbocycles. The van der Waals surface area contributed by atoms with Crippen molar-refractivity contribution >= 4 is 15.7 Å². The van der Waals surface area contributed by atoms with Crippen molar-refractivity contribution in [1.29, 1.82) is 5.26 Å². The van der Waals surface area contributed by atoms with E-state index in [2.05, 4.69) is 11.0 Å². The zero-order valence-corrected chi connectivity index (χ0v) is 13.6. The normalized spacial score (nSPS) is 31.0. The van der Waals surface area contributed by atoms with Gasteiger partial charge in [0.05, 0.1) is 17.6 Å². The maximum atomic E-state index is 12.7. The zero-order chi connectivity index (χ0) is 15.8. The van der Waals surface area contributed by atoms with Crippen molar-refractivity contribution in [3.63, 3.8) is 0 Å². The average Bonchev–Trinajstić information content (AvgIpc) is 3.14. The molecule has 0 aromatic heterocycles. The molecule has 0 bridgehead atoms. The number of sulfone groups is 1. The quantitative estimate of drug-likeness (QED) is 0.734. The summed E-state index contributed by atoms with van der Waals surface area (Å²) in [7, 11) is -2.87. The van der Waals surface area contributed by atoms with Gasteiger partial charge < -0.3 is 4.90 Å². The van der Waals surface area contributed by atoms with Crippen molar-refractivity contribution in [2.45, 2.75) is 38.1 Å². The maximum Gasteiger partial charge on any atom is 0.243 e. The van der Waals surface area contributed by atoms with Gasteiger partial charge in [-0.05, 0) is 19.3 Å². The van der Waals surface area contributed by atoms with Crippen molar-refractivity contribution in [3.05, 3.63) is 0 Å². The lowest BCUT2D eigenvalue weighted by atomic mass is 9.86. The van der Waals surface area contributed by atoms with Crippen molar-refractivity contribution in [3.8, 4) is 6.07 Å². The molecule has 0 spiro atoms. The van der Waals surface area contributed by atoms with Gasteiger partial charge in [-0.2, -0.15) is 5.26 Å². The summed E-state index contributed by atoms with van der Waals surface area (Å²) in [6.45, 7) is 2.65. The molecule has 0 unspecified atom stereocenters. The van der Waals surface area contributed by atoms with Crippen molar-refractivity contribution in [1.82, 2.24) is 9.80 Å². The third-order valence-corrected chi connectivity index (χ3v) is 7.16. The fourth-order valence-electron chi connectivity index (χ4n) is 4.01. The number of piperazine rings is 1. The molecule has 0 N–H and O–H groups in total. The Morgan fingerprint density at radius 1 is 1.14 bits per heavy atom. The van der Waals surface area contributed by atoms with Crippen LogP contribution < -0.4 is 0 Å². The maximum absolute atomic E-state index is 12.7. The van der Waals surface area contributed by atoms with Crippen LogP contribution in [0.1, 0.15) is 32.1 Å². The van der Waals surface area contributed by atoms with E-state index >= 15 is 0 Å². The predicted molar refractivity (Wildman–Crippen MR) is 81.7 cm³/mol. The zero-order valence-electron chi connectivity index (χ0n) is 12.8. The smallest absolute Gasteiger partial charge is 0.243 e.